The standard InChI is InChI=1S/C16H25N3O2/c1-3-13-15(9(2)21-19-13)18-16(20)12-7-10-5-4-6-11(8-12)14(10)17/h10-12,14H,3-8,17H2,1-2H3,(H,18,20). The monoisotopic (exact) mass is 291 g/mol. The lowest BCUT2D eigenvalue weighted by Crippen LogP contribution is -2.48. The first-order chi connectivity index (χ1) is 10.1. The minimum absolute atomic E-state index is 0.0825. The molecule has 2 atom stereocenters. The van der Waals surface area contributed by atoms with E-state index in [1.807, 2.05) is 13.8 Å². The zero-order chi connectivity index (χ0) is 15.0. The molecule has 2 saturated carbocycles. The van der Waals surface area contributed by atoms with Gasteiger partial charge in [-0.25, -0.2) is 0 Å². The zero-order valence-electron chi connectivity index (χ0n) is 12.9. The van der Waals surface area contributed by atoms with Crippen molar-refractivity contribution in [3.63, 3.8) is 0 Å². The normalized spacial score (nSPS) is 32.0. The van der Waals surface area contributed by atoms with Crippen molar-refractivity contribution in [3.05, 3.63) is 11.5 Å². The third-order valence-electron chi connectivity index (χ3n) is 5.30. The molecule has 21 heavy (non-hydrogen) atoms. The first-order valence-electron chi connectivity index (χ1n) is 8.11. The Balaban J connectivity index is 1.70. The number of anilines is 1. The summed E-state index contributed by atoms with van der Waals surface area (Å²) in [6.45, 7) is 3.85. The maximum atomic E-state index is 12.6. The number of nitrogens with two attached hydrogens (primary N) is 1. The smallest absolute Gasteiger partial charge is 0.227 e. The number of carbonyl (C=O) groups is 1. The molecule has 0 aromatic carbocycles. The van der Waals surface area contributed by atoms with Crippen molar-refractivity contribution in [2.45, 2.75) is 58.4 Å². The first-order valence-corrected chi connectivity index (χ1v) is 8.11. The number of amides is 1. The quantitative estimate of drug-likeness (QED) is 0.897. The van der Waals surface area contributed by atoms with E-state index >= 15 is 0 Å². The third-order valence-corrected chi connectivity index (χ3v) is 5.30. The van der Waals surface area contributed by atoms with Crippen molar-refractivity contribution in [1.29, 1.82) is 0 Å². The highest BCUT2D eigenvalue weighted by atomic mass is 16.5. The number of aromatic nitrogens is 1. The van der Waals surface area contributed by atoms with E-state index in [-0.39, 0.29) is 11.8 Å². The van der Waals surface area contributed by atoms with Crippen LogP contribution < -0.4 is 11.1 Å². The number of rotatable bonds is 3. The molecule has 2 bridgehead atoms. The van der Waals surface area contributed by atoms with Gasteiger partial charge in [0.15, 0.2) is 5.76 Å². The molecule has 3 rings (SSSR count). The van der Waals surface area contributed by atoms with E-state index in [1.165, 1.54) is 19.3 Å². The molecule has 1 heterocycles. The van der Waals surface area contributed by atoms with Crippen molar-refractivity contribution < 1.29 is 9.32 Å². The van der Waals surface area contributed by atoms with Crippen LogP contribution in [-0.2, 0) is 11.2 Å². The van der Waals surface area contributed by atoms with Gasteiger partial charge in [-0.05, 0) is 50.9 Å². The van der Waals surface area contributed by atoms with Crippen LogP contribution in [-0.4, -0.2) is 17.1 Å². The van der Waals surface area contributed by atoms with Crippen molar-refractivity contribution in [3.8, 4) is 0 Å². The summed E-state index contributed by atoms with van der Waals surface area (Å²) in [4.78, 5) is 12.6. The molecule has 1 aromatic heterocycles. The Hall–Kier alpha value is -1.36. The van der Waals surface area contributed by atoms with E-state index in [4.69, 9.17) is 10.3 Å². The second-order valence-electron chi connectivity index (χ2n) is 6.60. The van der Waals surface area contributed by atoms with Crippen molar-refractivity contribution in [2.75, 3.05) is 5.32 Å². The second-order valence-corrected chi connectivity index (χ2v) is 6.60. The Morgan fingerprint density at radius 2 is 2.05 bits per heavy atom. The van der Waals surface area contributed by atoms with Gasteiger partial charge in [0.2, 0.25) is 5.91 Å². The Morgan fingerprint density at radius 3 is 2.67 bits per heavy atom. The van der Waals surface area contributed by atoms with Gasteiger partial charge in [0.05, 0.1) is 0 Å². The van der Waals surface area contributed by atoms with Gasteiger partial charge in [-0.3, -0.25) is 4.79 Å². The maximum Gasteiger partial charge on any atom is 0.227 e. The Morgan fingerprint density at radius 1 is 1.38 bits per heavy atom. The van der Waals surface area contributed by atoms with Crippen molar-refractivity contribution >= 4 is 11.6 Å². The molecule has 0 aliphatic heterocycles. The Kier molecular flexibility index (Phi) is 4.02. The van der Waals surface area contributed by atoms with Gasteiger partial charge in [-0.15, -0.1) is 0 Å². The van der Waals surface area contributed by atoms with Crippen LogP contribution in [0, 0.1) is 24.7 Å². The van der Waals surface area contributed by atoms with E-state index in [0.717, 1.165) is 30.6 Å². The average molecular weight is 291 g/mol. The molecular weight excluding hydrogens is 266 g/mol. The predicted octanol–water partition coefficient (Wildman–Crippen LogP) is 2.64. The predicted molar refractivity (Wildman–Crippen MR) is 80.8 cm³/mol. The third kappa shape index (κ3) is 2.71. The topological polar surface area (TPSA) is 81.2 Å². The molecule has 5 nitrogen and oxygen atoms in total. The summed E-state index contributed by atoms with van der Waals surface area (Å²) in [5.41, 5.74) is 7.89. The SMILES string of the molecule is CCc1noc(C)c1NC(=O)C1CC2CCCC(C1)C2N. The van der Waals surface area contributed by atoms with Gasteiger partial charge < -0.3 is 15.6 Å². The van der Waals surface area contributed by atoms with Gasteiger partial charge in [-0.1, -0.05) is 18.5 Å². The van der Waals surface area contributed by atoms with Crippen LogP contribution >= 0.6 is 0 Å². The van der Waals surface area contributed by atoms with E-state index in [1.54, 1.807) is 0 Å². The fourth-order valence-electron chi connectivity index (χ4n) is 4.05. The number of hydrogen-bond acceptors (Lipinski definition) is 4. The summed E-state index contributed by atoms with van der Waals surface area (Å²) < 4.78 is 5.18. The van der Waals surface area contributed by atoms with Crippen LogP contribution in [0.2, 0.25) is 0 Å². The summed E-state index contributed by atoms with van der Waals surface area (Å²) in [5.74, 6) is 1.91. The summed E-state index contributed by atoms with van der Waals surface area (Å²) in [5, 5.41) is 7.04. The van der Waals surface area contributed by atoms with E-state index in [0.29, 0.717) is 23.6 Å². The lowest BCUT2D eigenvalue weighted by Gasteiger charge is -2.43. The van der Waals surface area contributed by atoms with Crippen molar-refractivity contribution in [1.82, 2.24) is 5.16 Å². The highest BCUT2D eigenvalue weighted by Crippen LogP contribution is 2.42. The van der Waals surface area contributed by atoms with Crippen LogP contribution in [0.5, 0.6) is 0 Å². The zero-order valence-corrected chi connectivity index (χ0v) is 12.9. The molecule has 3 N–H and O–H groups in total. The van der Waals surface area contributed by atoms with Gasteiger partial charge in [0.25, 0.3) is 0 Å². The van der Waals surface area contributed by atoms with E-state index in [2.05, 4.69) is 10.5 Å². The first kappa shape index (κ1) is 14.6. The number of fused-ring (bicyclic) bond motifs is 2. The Labute approximate surface area is 125 Å². The van der Waals surface area contributed by atoms with E-state index < -0.39 is 0 Å². The van der Waals surface area contributed by atoms with Crippen LogP contribution in [0.25, 0.3) is 0 Å². The number of carbonyl (C=O) groups excluding carboxylic acids is 1. The van der Waals surface area contributed by atoms with Gasteiger partial charge in [0.1, 0.15) is 11.4 Å². The maximum absolute atomic E-state index is 12.6. The minimum Gasteiger partial charge on any atom is -0.359 e. The molecule has 1 amide bonds. The fourth-order valence-corrected chi connectivity index (χ4v) is 4.05. The Bertz CT molecular complexity index is 512. The van der Waals surface area contributed by atoms with E-state index in [9.17, 15) is 4.79 Å². The summed E-state index contributed by atoms with van der Waals surface area (Å²) in [7, 11) is 0. The molecule has 2 aliphatic rings. The van der Waals surface area contributed by atoms with Crippen LogP contribution in [0.4, 0.5) is 5.69 Å². The summed E-state index contributed by atoms with van der Waals surface area (Å²) >= 11 is 0. The van der Waals surface area contributed by atoms with Gasteiger partial charge >= 0.3 is 0 Å². The van der Waals surface area contributed by atoms with Gasteiger partial charge in [0, 0.05) is 12.0 Å². The highest BCUT2D eigenvalue weighted by Gasteiger charge is 2.40. The number of nitrogens with zero attached hydrogens (tertiary/aromatic N) is 1. The molecule has 1 aromatic rings. The van der Waals surface area contributed by atoms with Crippen LogP contribution in [0.15, 0.2) is 4.52 Å². The summed E-state index contributed by atoms with van der Waals surface area (Å²) in [6.07, 6.45) is 6.22. The molecule has 2 aliphatic carbocycles. The molecule has 116 valence electrons. The largest absolute Gasteiger partial charge is 0.359 e. The van der Waals surface area contributed by atoms with Crippen LogP contribution in [0.3, 0.4) is 0 Å². The lowest BCUT2D eigenvalue weighted by molar-refractivity contribution is -0.122. The molecule has 0 radical (unpaired) electrons. The number of nitrogens with one attached hydrogen (secondary N) is 1. The fraction of sp³-hybridized carbons (Fsp3) is 0.750. The number of aryl methyl sites for hydroxylation is 2. The molecule has 0 saturated heterocycles. The molecule has 0 spiro atoms. The number of hydrogen-bond donors (Lipinski definition) is 2. The molecule has 2 fully saturated rings. The molecule has 2 unspecified atom stereocenters. The second kappa shape index (κ2) is 5.79. The molecular formula is C16H25N3O2. The lowest BCUT2D eigenvalue weighted by atomic mass is 9.65. The average Bonchev–Trinajstić information content (AvgIpc) is 2.79. The van der Waals surface area contributed by atoms with Crippen molar-refractivity contribution in [2.24, 2.45) is 23.5 Å². The van der Waals surface area contributed by atoms with Gasteiger partial charge in [-0.2, -0.15) is 0 Å². The summed E-state index contributed by atoms with van der Waals surface area (Å²) in [6, 6.07) is 0.298. The minimum atomic E-state index is 0.0825. The van der Waals surface area contributed by atoms with Crippen LogP contribution in [0.1, 0.15) is 50.5 Å². The molecule has 5 heteroatoms. The highest BCUT2D eigenvalue weighted by molar-refractivity contribution is 5.93.